The molecule has 0 bridgehead atoms. The van der Waals surface area contributed by atoms with E-state index >= 15 is 0 Å². The predicted molar refractivity (Wildman–Crippen MR) is 52.7 cm³/mol. The molecule has 0 amide bonds. The first kappa shape index (κ1) is 8.23. The molecule has 1 N–H and O–H groups in total. The van der Waals surface area contributed by atoms with E-state index < -0.39 is 0 Å². The van der Waals surface area contributed by atoms with Gasteiger partial charge in [0.15, 0.2) is 5.65 Å². The number of fused-ring (bicyclic) bond motifs is 1. The lowest BCUT2D eigenvalue weighted by molar-refractivity contribution is 0.861. The summed E-state index contributed by atoms with van der Waals surface area (Å²) >= 11 is 0. The van der Waals surface area contributed by atoms with Crippen molar-refractivity contribution in [2.75, 3.05) is 0 Å². The highest BCUT2D eigenvalue weighted by Crippen LogP contribution is 2.19. The molecule has 2 aromatic heterocycles. The lowest BCUT2D eigenvalue weighted by Gasteiger charge is -2.03. The fourth-order valence-electron chi connectivity index (χ4n) is 1.35. The molecule has 0 aromatic carbocycles. The Morgan fingerprint density at radius 3 is 2.85 bits per heavy atom. The Hall–Kier alpha value is -1.38. The number of hydrogen-bond donors (Lipinski definition) is 1. The Kier molecular flexibility index (Phi) is 1.79. The zero-order valence-corrected chi connectivity index (χ0v) is 8.13. The summed E-state index contributed by atoms with van der Waals surface area (Å²) in [4.78, 5) is 4.28. The highest BCUT2D eigenvalue weighted by Gasteiger charge is 2.05. The Labute approximate surface area is 77.2 Å². The molecule has 0 fully saturated rings. The lowest BCUT2D eigenvalue weighted by atomic mass is 10.0. The molecule has 0 atom stereocenters. The number of aryl methyl sites for hydroxylation is 1. The second-order valence-corrected chi connectivity index (χ2v) is 3.64. The van der Waals surface area contributed by atoms with Crippen LogP contribution in [-0.4, -0.2) is 15.2 Å². The van der Waals surface area contributed by atoms with Gasteiger partial charge in [-0.25, -0.2) is 4.98 Å². The Morgan fingerprint density at radius 1 is 1.38 bits per heavy atom. The van der Waals surface area contributed by atoms with Gasteiger partial charge in [0.2, 0.25) is 0 Å². The van der Waals surface area contributed by atoms with Crippen LogP contribution in [0.2, 0.25) is 0 Å². The van der Waals surface area contributed by atoms with Crippen LogP contribution in [0.15, 0.2) is 12.3 Å². The van der Waals surface area contributed by atoms with E-state index in [-0.39, 0.29) is 0 Å². The van der Waals surface area contributed by atoms with Gasteiger partial charge < -0.3 is 0 Å². The van der Waals surface area contributed by atoms with Crippen molar-refractivity contribution in [2.45, 2.75) is 26.7 Å². The van der Waals surface area contributed by atoms with Gasteiger partial charge in [-0.2, -0.15) is 5.10 Å². The minimum atomic E-state index is 0.520. The zero-order valence-electron chi connectivity index (χ0n) is 8.13. The van der Waals surface area contributed by atoms with E-state index in [0.717, 1.165) is 16.7 Å². The molecule has 0 aliphatic carbocycles. The molecule has 3 heteroatoms. The highest BCUT2D eigenvalue weighted by atomic mass is 15.1. The van der Waals surface area contributed by atoms with Gasteiger partial charge in [0.05, 0.1) is 0 Å². The van der Waals surface area contributed by atoms with Crippen LogP contribution in [-0.2, 0) is 0 Å². The van der Waals surface area contributed by atoms with Gasteiger partial charge in [0, 0.05) is 17.3 Å². The zero-order chi connectivity index (χ0) is 9.42. The number of pyridine rings is 1. The van der Waals surface area contributed by atoms with Crippen LogP contribution in [0.1, 0.15) is 31.0 Å². The van der Waals surface area contributed by atoms with Crippen molar-refractivity contribution in [3.8, 4) is 0 Å². The third-order valence-corrected chi connectivity index (χ3v) is 2.29. The molecule has 68 valence electrons. The first-order chi connectivity index (χ1) is 6.18. The second-order valence-electron chi connectivity index (χ2n) is 3.64. The van der Waals surface area contributed by atoms with Crippen molar-refractivity contribution >= 4 is 11.0 Å². The van der Waals surface area contributed by atoms with Crippen LogP contribution in [0, 0.1) is 6.92 Å². The normalized spacial score (nSPS) is 11.4. The summed E-state index contributed by atoms with van der Waals surface area (Å²) in [6, 6.07) is 2.16. The third-order valence-electron chi connectivity index (χ3n) is 2.29. The van der Waals surface area contributed by atoms with Crippen molar-refractivity contribution < 1.29 is 0 Å². The van der Waals surface area contributed by atoms with Gasteiger partial charge in [-0.15, -0.1) is 0 Å². The number of hydrogen-bond acceptors (Lipinski definition) is 2. The third kappa shape index (κ3) is 1.30. The van der Waals surface area contributed by atoms with Crippen LogP contribution in [0.3, 0.4) is 0 Å². The molecule has 0 aliphatic rings. The molecule has 2 rings (SSSR count). The van der Waals surface area contributed by atoms with Gasteiger partial charge in [-0.3, -0.25) is 5.10 Å². The Bertz CT molecular complexity index is 429. The minimum absolute atomic E-state index is 0.520. The summed E-state index contributed by atoms with van der Waals surface area (Å²) in [7, 11) is 0. The van der Waals surface area contributed by atoms with Crippen LogP contribution in [0.4, 0.5) is 0 Å². The lowest BCUT2D eigenvalue weighted by Crippen LogP contribution is -1.88. The van der Waals surface area contributed by atoms with Gasteiger partial charge >= 0.3 is 0 Å². The molecule has 0 radical (unpaired) electrons. The Morgan fingerprint density at radius 2 is 2.15 bits per heavy atom. The van der Waals surface area contributed by atoms with E-state index in [0.29, 0.717) is 5.92 Å². The number of aromatic amines is 1. The van der Waals surface area contributed by atoms with Crippen molar-refractivity contribution in [1.82, 2.24) is 15.2 Å². The monoisotopic (exact) mass is 175 g/mol. The van der Waals surface area contributed by atoms with E-state index in [2.05, 4.69) is 35.1 Å². The summed E-state index contributed by atoms with van der Waals surface area (Å²) in [5, 5.41) is 8.14. The van der Waals surface area contributed by atoms with Crippen molar-refractivity contribution in [3.63, 3.8) is 0 Å². The second kappa shape index (κ2) is 2.83. The standard InChI is InChI=1S/C10H13N3/c1-6(2)8-4-9-7(3)12-13-10(9)11-5-8/h4-6H,1-3H3,(H,11,12,13). The average molecular weight is 175 g/mol. The molecule has 3 nitrogen and oxygen atoms in total. The fraction of sp³-hybridized carbons (Fsp3) is 0.400. The number of H-pyrrole nitrogens is 1. The first-order valence-electron chi connectivity index (χ1n) is 4.49. The molecule has 0 spiro atoms. The van der Waals surface area contributed by atoms with Crippen LogP contribution < -0.4 is 0 Å². The first-order valence-corrected chi connectivity index (χ1v) is 4.49. The molecule has 2 heterocycles. The van der Waals surface area contributed by atoms with Gasteiger partial charge in [-0.05, 0) is 24.5 Å². The fourth-order valence-corrected chi connectivity index (χ4v) is 1.35. The summed E-state index contributed by atoms with van der Waals surface area (Å²) in [6.07, 6.45) is 1.90. The van der Waals surface area contributed by atoms with Gasteiger partial charge in [0.1, 0.15) is 0 Å². The van der Waals surface area contributed by atoms with E-state index in [1.54, 1.807) is 0 Å². The quantitative estimate of drug-likeness (QED) is 0.723. The van der Waals surface area contributed by atoms with Crippen LogP contribution >= 0.6 is 0 Å². The maximum atomic E-state index is 4.28. The summed E-state index contributed by atoms with van der Waals surface area (Å²) in [6.45, 7) is 6.34. The minimum Gasteiger partial charge on any atom is -0.280 e. The van der Waals surface area contributed by atoms with E-state index in [4.69, 9.17) is 0 Å². The molecular formula is C10H13N3. The Balaban J connectivity index is 2.66. The van der Waals surface area contributed by atoms with Crippen molar-refractivity contribution in [2.24, 2.45) is 0 Å². The van der Waals surface area contributed by atoms with Crippen molar-refractivity contribution in [3.05, 3.63) is 23.5 Å². The molecule has 2 aromatic rings. The molecular weight excluding hydrogens is 162 g/mol. The molecule has 0 saturated heterocycles. The smallest absolute Gasteiger partial charge is 0.181 e. The number of rotatable bonds is 1. The average Bonchev–Trinajstić information content (AvgIpc) is 2.47. The number of nitrogens with zero attached hydrogens (tertiary/aromatic N) is 2. The molecule has 13 heavy (non-hydrogen) atoms. The SMILES string of the molecule is Cc1[nH]nc2ncc(C(C)C)cc12. The van der Waals surface area contributed by atoms with E-state index in [1.807, 2.05) is 13.1 Å². The van der Waals surface area contributed by atoms with E-state index in [1.165, 1.54) is 5.56 Å². The predicted octanol–water partition coefficient (Wildman–Crippen LogP) is 2.39. The van der Waals surface area contributed by atoms with E-state index in [9.17, 15) is 0 Å². The largest absolute Gasteiger partial charge is 0.280 e. The van der Waals surface area contributed by atoms with Crippen LogP contribution in [0.25, 0.3) is 11.0 Å². The topological polar surface area (TPSA) is 41.6 Å². The van der Waals surface area contributed by atoms with Crippen molar-refractivity contribution in [1.29, 1.82) is 0 Å². The number of aromatic nitrogens is 3. The molecule has 0 aliphatic heterocycles. The maximum absolute atomic E-state index is 4.28. The molecule has 0 unspecified atom stereocenters. The van der Waals surface area contributed by atoms with Gasteiger partial charge in [-0.1, -0.05) is 13.8 Å². The molecule has 0 saturated carbocycles. The maximum Gasteiger partial charge on any atom is 0.181 e. The van der Waals surface area contributed by atoms with Crippen LogP contribution in [0.5, 0.6) is 0 Å². The summed E-state index contributed by atoms with van der Waals surface area (Å²) < 4.78 is 0. The summed E-state index contributed by atoms with van der Waals surface area (Å²) in [5.41, 5.74) is 3.16. The number of nitrogens with one attached hydrogen (secondary N) is 1. The van der Waals surface area contributed by atoms with Gasteiger partial charge in [0.25, 0.3) is 0 Å². The highest BCUT2D eigenvalue weighted by molar-refractivity contribution is 5.77. The summed E-state index contributed by atoms with van der Waals surface area (Å²) in [5.74, 6) is 0.520.